The highest BCUT2D eigenvalue weighted by Crippen LogP contribution is 2.51. The first-order valence-corrected chi connectivity index (χ1v) is 14.7. The molecule has 1 aliphatic carbocycles. The van der Waals surface area contributed by atoms with Gasteiger partial charge in [-0.05, 0) is 42.0 Å². The van der Waals surface area contributed by atoms with Gasteiger partial charge in [-0.25, -0.2) is 4.98 Å². The molecule has 9 nitrogen and oxygen atoms in total. The molecule has 0 saturated carbocycles. The molecule has 0 bridgehead atoms. The van der Waals surface area contributed by atoms with E-state index in [-0.39, 0.29) is 33.8 Å². The lowest BCUT2D eigenvalue weighted by atomic mass is 9.68. The number of Topliss-reactive ketones (excluding diaryl/α,β-unsaturated/α-hetero) is 1. The summed E-state index contributed by atoms with van der Waals surface area (Å²) < 4.78 is 0.540. The van der Waals surface area contributed by atoms with E-state index in [0.717, 1.165) is 16.8 Å². The van der Waals surface area contributed by atoms with Crippen molar-refractivity contribution in [2.75, 3.05) is 16.0 Å². The topological polar surface area (TPSA) is 138 Å². The molecule has 1 amide bonds. The van der Waals surface area contributed by atoms with Crippen LogP contribution in [-0.4, -0.2) is 32.6 Å². The first-order valence-electron chi connectivity index (χ1n) is 12.5. The lowest BCUT2D eigenvalue weighted by Crippen LogP contribution is -2.42. The number of rotatable bonds is 6. The maximum atomic E-state index is 13.7. The molecule has 3 heterocycles. The predicted octanol–water partition coefficient (Wildman–Crippen LogP) is 5.57. The van der Waals surface area contributed by atoms with Crippen molar-refractivity contribution in [1.82, 2.24) is 15.2 Å². The van der Waals surface area contributed by atoms with Crippen molar-refractivity contribution in [3.63, 3.8) is 0 Å². The minimum atomic E-state index is -0.550. The number of nitrogens with two attached hydrogens (primary N) is 1. The van der Waals surface area contributed by atoms with Crippen LogP contribution in [0, 0.1) is 23.7 Å². The Morgan fingerprint density at radius 2 is 2.05 bits per heavy atom. The fourth-order valence-electron chi connectivity index (χ4n) is 5.09. The Morgan fingerprint density at radius 3 is 2.77 bits per heavy atom. The van der Waals surface area contributed by atoms with Gasteiger partial charge in [-0.2, -0.15) is 5.26 Å². The number of aromatic nitrogens is 3. The number of aryl methyl sites for hydroxylation is 1. The molecule has 0 fully saturated rings. The van der Waals surface area contributed by atoms with E-state index >= 15 is 0 Å². The molecule has 5 rings (SSSR count). The zero-order chi connectivity index (χ0) is 28.6. The van der Waals surface area contributed by atoms with E-state index in [0.29, 0.717) is 39.1 Å². The van der Waals surface area contributed by atoms with Crippen molar-refractivity contribution in [3.8, 4) is 6.07 Å². The van der Waals surface area contributed by atoms with E-state index in [1.165, 1.54) is 23.1 Å². The number of carbonyl (C=O) groups excluding carboxylic acids is 2. The third-order valence-corrected chi connectivity index (χ3v) is 9.17. The number of allylic oxidation sites excluding steroid dienone is 3. The van der Waals surface area contributed by atoms with Gasteiger partial charge in [0.2, 0.25) is 11.0 Å². The van der Waals surface area contributed by atoms with Crippen molar-refractivity contribution in [1.29, 1.82) is 5.26 Å². The summed E-state index contributed by atoms with van der Waals surface area (Å²) in [5.41, 5.74) is 10.3. The number of thioether (sulfide) groups is 1. The fraction of sp³-hybridized carbons (Fsp3) is 0.286. The highest BCUT2D eigenvalue weighted by atomic mass is 35.5. The van der Waals surface area contributed by atoms with Gasteiger partial charge in [0.05, 0.1) is 29.0 Å². The molecule has 2 aromatic heterocycles. The number of halogens is 1. The Labute approximate surface area is 245 Å². The molecule has 3 aromatic rings. The lowest BCUT2D eigenvalue weighted by molar-refractivity contribution is -0.118. The molecule has 40 heavy (non-hydrogen) atoms. The van der Waals surface area contributed by atoms with Crippen LogP contribution in [0.3, 0.4) is 0 Å². The molecule has 12 heteroatoms. The average molecular weight is 592 g/mol. The molecule has 1 unspecified atom stereocenters. The second-order valence-corrected chi connectivity index (χ2v) is 12.9. The summed E-state index contributed by atoms with van der Waals surface area (Å²) in [6.45, 7) is 6.06. The van der Waals surface area contributed by atoms with Gasteiger partial charge in [0.15, 0.2) is 15.3 Å². The van der Waals surface area contributed by atoms with Gasteiger partial charge in [0.25, 0.3) is 0 Å². The Kier molecular flexibility index (Phi) is 7.68. The number of benzene rings is 1. The van der Waals surface area contributed by atoms with Gasteiger partial charge < -0.3 is 11.1 Å². The van der Waals surface area contributed by atoms with Crippen molar-refractivity contribution in [2.45, 2.75) is 43.9 Å². The lowest BCUT2D eigenvalue weighted by Gasteiger charge is -2.42. The smallest absolute Gasteiger partial charge is 0.234 e. The molecule has 0 radical (unpaired) electrons. The zero-order valence-electron chi connectivity index (χ0n) is 22.1. The van der Waals surface area contributed by atoms with Crippen LogP contribution in [-0.2, 0) is 9.59 Å². The van der Waals surface area contributed by atoms with Crippen molar-refractivity contribution in [3.05, 3.63) is 81.5 Å². The third-order valence-electron chi connectivity index (χ3n) is 6.83. The highest BCUT2D eigenvalue weighted by molar-refractivity contribution is 8.01. The van der Waals surface area contributed by atoms with E-state index in [1.54, 1.807) is 23.2 Å². The van der Waals surface area contributed by atoms with E-state index in [1.807, 2.05) is 45.0 Å². The van der Waals surface area contributed by atoms with Crippen LogP contribution in [0.15, 0.2) is 69.6 Å². The van der Waals surface area contributed by atoms with Crippen molar-refractivity contribution >= 4 is 57.2 Å². The minimum Gasteiger partial charge on any atom is -0.384 e. The van der Waals surface area contributed by atoms with E-state index < -0.39 is 5.92 Å². The van der Waals surface area contributed by atoms with Crippen LogP contribution in [0.1, 0.15) is 43.7 Å². The maximum absolute atomic E-state index is 13.7. The van der Waals surface area contributed by atoms with Crippen LogP contribution in [0.5, 0.6) is 0 Å². The Bertz CT molecular complexity index is 1620. The van der Waals surface area contributed by atoms with Gasteiger partial charge in [0.1, 0.15) is 5.82 Å². The second kappa shape index (κ2) is 11.0. The standard InChI is InChI=1S/C28H26ClN7O2S2/c1-15-7-4-5-8-16(15)22-17(13-30)25(31)36(19-11-28(2,3)12-20(37)23(19)22)26-34-35-27(40-26)39-14-21(38)33-18-9-6-10-32-24(18)29/h4-10,22H,11-12,14,31H2,1-3H3,(H,33,38). The van der Waals surface area contributed by atoms with Crippen LogP contribution in [0.25, 0.3) is 0 Å². The van der Waals surface area contributed by atoms with Crippen LogP contribution >= 0.6 is 34.7 Å². The molecular weight excluding hydrogens is 566 g/mol. The third kappa shape index (κ3) is 5.35. The van der Waals surface area contributed by atoms with Gasteiger partial charge in [-0.1, -0.05) is 72.8 Å². The Morgan fingerprint density at radius 1 is 1.27 bits per heavy atom. The maximum Gasteiger partial charge on any atom is 0.234 e. The van der Waals surface area contributed by atoms with E-state index in [9.17, 15) is 14.9 Å². The van der Waals surface area contributed by atoms with Gasteiger partial charge in [-0.15, -0.1) is 10.2 Å². The molecule has 2 aliphatic rings. The molecule has 0 saturated heterocycles. The van der Waals surface area contributed by atoms with Crippen LogP contribution in [0.2, 0.25) is 5.15 Å². The zero-order valence-corrected chi connectivity index (χ0v) is 24.5. The summed E-state index contributed by atoms with van der Waals surface area (Å²) in [6.07, 6.45) is 2.49. The number of nitriles is 1. The first-order chi connectivity index (χ1) is 19.1. The number of anilines is 2. The monoisotopic (exact) mass is 591 g/mol. The van der Waals surface area contributed by atoms with Gasteiger partial charge in [0, 0.05) is 23.9 Å². The number of nitrogens with zero attached hydrogens (tertiary/aromatic N) is 5. The van der Waals surface area contributed by atoms with Crippen molar-refractivity contribution < 1.29 is 9.59 Å². The quantitative estimate of drug-likeness (QED) is 0.278. The number of hydrogen-bond donors (Lipinski definition) is 2. The fourth-order valence-corrected chi connectivity index (χ4v) is 6.94. The van der Waals surface area contributed by atoms with E-state index in [4.69, 9.17) is 17.3 Å². The molecule has 1 aromatic carbocycles. The molecular formula is C28H26ClN7O2S2. The normalized spacial score (nSPS) is 18.4. The largest absolute Gasteiger partial charge is 0.384 e. The average Bonchev–Trinajstić information content (AvgIpc) is 3.36. The SMILES string of the molecule is Cc1ccccc1C1C(C#N)=C(N)N(c2nnc(SCC(=O)Nc3cccnc3Cl)s2)C2=C1C(=O)CC(C)(C)C2. The molecule has 3 N–H and O–H groups in total. The number of carbonyl (C=O) groups is 2. The van der Waals surface area contributed by atoms with E-state index in [2.05, 4.69) is 26.6 Å². The number of pyridine rings is 1. The van der Waals surface area contributed by atoms with Crippen LogP contribution in [0.4, 0.5) is 10.8 Å². The first kappa shape index (κ1) is 27.8. The summed E-state index contributed by atoms with van der Waals surface area (Å²) in [5.74, 6) is -0.521. The number of amides is 1. The predicted molar refractivity (Wildman–Crippen MR) is 157 cm³/mol. The molecule has 204 valence electrons. The summed E-state index contributed by atoms with van der Waals surface area (Å²) in [4.78, 5) is 31.8. The summed E-state index contributed by atoms with van der Waals surface area (Å²) in [6, 6.07) is 13.4. The molecule has 1 aliphatic heterocycles. The number of nitrogens with one attached hydrogen (secondary N) is 1. The Balaban J connectivity index is 1.48. The summed E-state index contributed by atoms with van der Waals surface area (Å²) in [7, 11) is 0. The van der Waals surface area contributed by atoms with Gasteiger partial charge in [-0.3, -0.25) is 14.5 Å². The van der Waals surface area contributed by atoms with Crippen molar-refractivity contribution in [2.24, 2.45) is 11.1 Å². The number of hydrogen-bond acceptors (Lipinski definition) is 10. The Hall–Kier alpha value is -3.72. The second-order valence-electron chi connectivity index (χ2n) is 10.4. The highest BCUT2D eigenvalue weighted by Gasteiger charge is 2.45. The van der Waals surface area contributed by atoms with Crippen LogP contribution < -0.4 is 16.0 Å². The van der Waals surface area contributed by atoms with Gasteiger partial charge >= 0.3 is 0 Å². The number of ketones is 1. The molecule has 1 atom stereocenters. The minimum absolute atomic E-state index is 0.00500. The molecule has 0 spiro atoms. The summed E-state index contributed by atoms with van der Waals surface area (Å²) >= 11 is 8.49. The summed E-state index contributed by atoms with van der Waals surface area (Å²) in [5, 5.41) is 22.3.